The number of nitrogens with zero attached hydrogens (tertiary/aromatic N) is 3. The molecule has 0 bridgehead atoms. The van der Waals surface area contributed by atoms with E-state index in [1.807, 2.05) is 177 Å². The molecule has 9 aromatic carbocycles. The second-order valence-electron chi connectivity index (χ2n) is 23.5. The highest BCUT2D eigenvalue weighted by Gasteiger charge is 2.57. The largest absolute Gasteiger partial charge is 0.459 e. The fourth-order valence-corrected chi connectivity index (χ4v) is 17.5. The highest BCUT2D eigenvalue weighted by Crippen LogP contribution is 2.43. The van der Waals surface area contributed by atoms with Gasteiger partial charge in [-0.05, 0) is 97.8 Å². The molecule has 0 saturated carbocycles. The zero-order chi connectivity index (χ0) is 62.3. The minimum Gasteiger partial charge on any atom is -0.459 e. The van der Waals surface area contributed by atoms with Crippen molar-refractivity contribution in [3.63, 3.8) is 0 Å². The summed E-state index contributed by atoms with van der Waals surface area (Å²) in [6.07, 6.45) is -9.39. The van der Waals surface area contributed by atoms with Gasteiger partial charge in [-0.15, -0.1) is 0 Å². The van der Waals surface area contributed by atoms with Crippen LogP contribution in [0.5, 0.6) is 0 Å². The smallest absolute Gasteiger partial charge is 0.338 e. The van der Waals surface area contributed by atoms with Crippen LogP contribution in [0, 0.1) is 6.92 Å². The van der Waals surface area contributed by atoms with Crippen LogP contribution in [0.25, 0.3) is 21.2 Å². The van der Waals surface area contributed by atoms with Crippen molar-refractivity contribution in [2.45, 2.75) is 118 Å². The topological polar surface area (TPSA) is 166 Å². The third kappa shape index (κ3) is 15.3. The number of hydrogen-bond acceptors (Lipinski definition) is 13. The second kappa shape index (κ2) is 30.1. The first-order chi connectivity index (χ1) is 43.9. The zero-order valence-corrected chi connectivity index (χ0v) is 52.5. The molecule has 2 fully saturated rings. The van der Waals surface area contributed by atoms with Gasteiger partial charge in [-0.2, -0.15) is 0 Å². The number of aryl methyl sites for hydroxylation is 1. The van der Waals surface area contributed by atoms with Gasteiger partial charge in [-0.1, -0.05) is 249 Å². The van der Waals surface area contributed by atoms with Crippen molar-refractivity contribution < 1.29 is 51.9 Å². The minimum atomic E-state index is -3.35. The van der Waals surface area contributed by atoms with E-state index in [4.69, 9.17) is 42.3 Å². The van der Waals surface area contributed by atoms with Crippen LogP contribution in [0.1, 0.15) is 63.7 Å². The molecule has 10 atom stereocenters. The van der Waals surface area contributed by atoms with Crippen LogP contribution in [0.15, 0.2) is 259 Å². The Kier molecular flexibility index (Phi) is 21.2. The van der Waals surface area contributed by atoms with Crippen molar-refractivity contribution in [1.82, 2.24) is 0 Å². The van der Waals surface area contributed by atoms with Crippen LogP contribution in [-0.4, -0.2) is 94.0 Å². The first-order valence-electron chi connectivity index (χ1n) is 30.3. The number of esters is 2. The molecule has 0 aromatic heterocycles. The number of carbonyl (C=O) groups excluding carboxylic acids is 2. The van der Waals surface area contributed by atoms with E-state index in [1.54, 1.807) is 48.5 Å². The number of rotatable bonds is 24. The molecule has 2 saturated heterocycles. The Morgan fingerprint density at radius 2 is 1.02 bits per heavy atom. The van der Waals surface area contributed by atoms with E-state index in [2.05, 4.69) is 61.1 Å². The molecule has 2 aliphatic rings. The molecule has 0 radical (unpaired) electrons. The van der Waals surface area contributed by atoms with E-state index in [9.17, 15) is 15.1 Å². The summed E-state index contributed by atoms with van der Waals surface area (Å²) in [6, 6.07) is 78.3. The summed E-state index contributed by atoms with van der Waals surface area (Å²) in [5, 5.41) is 8.18. The first-order valence-corrected chi connectivity index (χ1v) is 33.1. The molecule has 16 heteroatoms. The highest BCUT2D eigenvalue weighted by atomic mass is 32.2. The monoisotopic (exact) mass is 1240 g/mol. The average Bonchev–Trinajstić information content (AvgIpc) is 0.809. The van der Waals surface area contributed by atoms with Gasteiger partial charge in [0.2, 0.25) is 0 Å². The molecular formula is C74H73N3O11SSi. The van der Waals surface area contributed by atoms with Crippen LogP contribution in [0.4, 0.5) is 0 Å². The van der Waals surface area contributed by atoms with E-state index in [0.717, 1.165) is 48.3 Å². The van der Waals surface area contributed by atoms with E-state index >= 15 is 0 Å². The Morgan fingerprint density at radius 1 is 0.522 bits per heavy atom. The lowest BCUT2D eigenvalue weighted by molar-refractivity contribution is -0.326. The van der Waals surface area contributed by atoms with Crippen LogP contribution in [-0.2, 0) is 62.1 Å². The van der Waals surface area contributed by atoms with Gasteiger partial charge in [0, 0.05) is 9.81 Å². The van der Waals surface area contributed by atoms with Gasteiger partial charge in [-0.3, -0.25) is 0 Å². The first kappa shape index (κ1) is 63.3. The Labute approximate surface area is 531 Å². The van der Waals surface area contributed by atoms with Gasteiger partial charge in [-0.25, -0.2) is 9.59 Å². The van der Waals surface area contributed by atoms with Crippen LogP contribution in [0.2, 0.25) is 5.04 Å². The summed E-state index contributed by atoms with van der Waals surface area (Å²) in [4.78, 5) is 33.1. The van der Waals surface area contributed by atoms with Crippen LogP contribution >= 0.6 is 11.8 Å². The number of azide groups is 1. The molecule has 0 N–H and O–H groups in total. The van der Waals surface area contributed by atoms with Gasteiger partial charge < -0.3 is 42.3 Å². The molecule has 11 rings (SSSR count). The number of carbonyl (C=O) groups is 2. The van der Waals surface area contributed by atoms with Gasteiger partial charge in [0.1, 0.15) is 54.7 Å². The molecule has 9 aromatic rings. The average molecular weight is 1240 g/mol. The third-order valence-corrected chi connectivity index (χ3v) is 22.5. The number of ether oxygens (including phenoxy) is 8. The third-order valence-electron chi connectivity index (χ3n) is 16.3. The predicted octanol–water partition coefficient (Wildman–Crippen LogP) is 14.2. The van der Waals surface area contributed by atoms with Crippen molar-refractivity contribution in [3.8, 4) is 0 Å². The number of hydrogen-bond donors (Lipinski definition) is 0. The molecule has 2 heterocycles. The zero-order valence-electron chi connectivity index (χ0n) is 50.7. The maximum absolute atomic E-state index is 14.8. The van der Waals surface area contributed by atoms with Crippen molar-refractivity contribution in [2.75, 3.05) is 13.2 Å². The van der Waals surface area contributed by atoms with E-state index < -0.39 is 85.8 Å². The second-order valence-corrected chi connectivity index (χ2v) is 28.9. The number of fused-ring (bicyclic) bond motifs is 1. The molecule has 0 unspecified atom stereocenters. The summed E-state index contributed by atoms with van der Waals surface area (Å²) in [7, 11) is -3.35. The van der Waals surface area contributed by atoms with Crippen LogP contribution in [0.3, 0.4) is 0 Å². The molecule has 14 nitrogen and oxygen atoms in total. The van der Waals surface area contributed by atoms with E-state index in [-0.39, 0.29) is 33.0 Å². The standard InChI is InChI=1S/C74H73N3O11SSi/c1-51-39-43-59(44-40-51)89-73-69(87-71(79)57-32-17-8-18-33-57)68(82-47-53-27-13-6-14-28-53)66(63(86-73)50-84-90(74(2,3)4,60-35-19-9-20-36-60)61-37-21-10-22-38-61)88-72-64(76-77-75)67(81-46-52-25-11-5-12-26-52)65(62(85-72)49-83-70(78)56-30-15-7-16-31-56)80-48-54-41-42-55-29-23-24-34-58(55)45-54/h5-45,62-69,72-73H,46-50H2,1-4H3/t62-,63-,64-,65-,66-,67-,68+,69-,72-,73+/m1/s1. The molecular weight excluding hydrogens is 1170 g/mol. The molecule has 0 amide bonds. The lowest BCUT2D eigenvalue weighted by Crippen LogP contribution is -2.69. The van der Waals surface area contributed by atoms with Gasteiger partial charge in [0.25, 0.3) is 8.32 Å². The lowest BCUT2D eigenvalue weighted by atomic mass is 9.95. The molecule has 0 aliphatic carbocycles. The van der Waals surface area contributed by atoms with Crippen molar-refractivity contribution >= 4 is 53.2 Å². The SMILES string of the molecule is Cc1ccc(S[C@@H]2O[C@H](CO[Si](c3ccccc3)(c3ccccc3)C(C)(C)C)[C@@H](O[C@H]3O[C@H](COC(=O)c4ccccc4)[C@@H](OCc4ccc5ccccc5c4)[C@H](OCc4ccccc4)[C@H]3N=[N+]=[N-])[C@H](OCc3ccccc3)[C@H]2OC(=O)c2ccccc2)cc1. The summed E-state index contributed by atoms with van der Waals surface area (Å²) < 4.78 is 64.3. The Bertz CT molecular complexity index is 3760. The summed E-state index contributed by atoms with van der Waals surface area (Å²) in [5.41, 5.74) is 14.1. The minimum absolute atomic E-state index is 0.0474. The Morgan fingerprint density at radius 3 is 1.60 bits per heavy atom. The number of benzene rings is 9. The van der Waals surface area contributed by atoms with Crippen LogP contribution < -0.4 is 10.4 Å². The van der Waals surface area contributed by atoms with Crippen molar-refractivity contribution in [1.29, 1.82) is 0 Å². The van der Waals surface area contributed by atoms with Gasteiger partial charge >= 0.3 is 11.9 Å². The normalized spacial score (nSPS) is 21.8. The molecule has 90 heavy (non-hydrogen) atoms. The maximum atomic E-state index is 14.8. The van der Waals surface area contributed by atoms with E-state index in [1.165, 1.54) is 11.8 Å². The fourth-order valence-electron chi connectivity index (χ4n) is 11.8. The summed E-state index contributed by atoms with van der Waals surface area (Å²) in [5.74, 6) is -1.21. The van der Waals surface area contributed by atoms with Gasteiger partial charge in [0.15, 0.2) is 12.4 Å². The fraction of sp³-hybridized carbons (Fsp3) is 0.270. The molecule has 2 aliphatic heterocycles. The quantitative estimate of drug-likeness (QED) is 0.0185. The summed E-state index contributed by atoms with van der Waals surface area (Å²) >= 11 is 1.39. The highest BCUT2D eigenvalue weighted by molar-refractivity contribution is 7.99. The lowest BCUT2D eigenvalue weighted by Gasteiger charge is -2.50. The number of thioether (sulfide) groups is 1. The van der Waals surface area contributed by atoms with Crippen molar-refractivity contribution in [3.05, 3.63) is 293 Å². The Balaban J connectivity index is 1.06. The van der Waals surface area contributed by atoms with Gasteiger partial charge in [0.05, 0.1) is 37.6 Å². The summed E-state index contributed by atoms with van der Waals surface area (Å²) in [6.45, 7) is 8.40. The molecule has 0 spiro atoms. The predicted molar refractivity (Wildman–Crippen MR) is 351 cm³/mol. The maximum Gasteiger partial charge on any atom is 0.338 e. The van der Waals surface area contributed by atoms with E-state index in [0.29, 0.717) is 11.1 Å². The molecule has 460 valence electrons. The Hall–Kier alpha value is -8.22. The van der Waals surface area contributed by atoms with Crippen molar-refractivity contribution in [2.24, 2.45) is 5.11 Å².